The SMILES string of the molecule is Cc1ccc(C23C[C@@H]4C[C@@H](CC(C(=O)OCC(=O)NCc5ccco5)(C4)C2)C3)cc1. The topological polar surface area (TPSA) is 68.5 Å². The van der Waals surface area contributed by atoms with Gasteiger partial charge in [0, 0.05) is 0 Å². The van der Waals surface area contributed by atoms with Crippen molar-refractivity contribution in [2.75, 3.05) is 6.61 Å². The van der Waals surface area contributed by atoms with Crippen LogP contribution in [0.15, 0.2) is 47.1 Å². The lowest BCUT2D eigenvalue weighted by Crippen LogP contribution is -2.57. The van der Waals surface area contributed by atoms with Crippen molar-refractivity contribution in [1.82, 2.24) is 5.32 Å². The number of ether oxygens (including phenoxy) is 1. The van der Waals surface area contributed by atoms with Crippen molar-refractivity contribution >= 4 is 11.9 Å². The van der Waals surface area contributed by atoms with E-state index in [1.54, 1.807) is 18.4 Å². The van der Waals surface area contributed by atoms with Crippen molar-refractivity contribution < 1.29 is 18.7 Å². The molecule has 0 saturated heterocycles. The van der Waals surface area contributed by atoms with Crippen molar-refractivity contribution in [3.05, 3.63) is 59.5 Å². The van der Waals surface area contributed by atoms with E-state index in [9.17, 15) is 9.59 Å². The summed E-state index contributed by atoms with van der Waals surface area (Å²) in [5.74, 6) is 1.36. The van der Waals surface area contributed by atoms with Gasteiger partial charge in [0.15, 0.2) is 6.61 Å². The van der Waals surface area contributed by atoms with Crippen molar-refractivity contribution in [3.8, 4) is 0 Å². The quantitative estimate of drug-likeness (QED) is 0.726. The molecule has 158 valence electrons. The summed E-state index contributed by atoms with van der Waals surface area (Å²) in [5.41, 5.74) is 2.28. The van der Waals surface area contributed by atoms with Crippen molar-refractivity contribution in [3.63, 3.8) is 0 Å². The van der Waals surface area contributed by atoms with Crippen LogP contribution in [0.1, 0.15) is 55.4 Å². The zero-order chi connectivity index (χ0) is 20.8. The molecule has 2 unspecified atom stereocenters. The highest BCUT2D eigenvalue weighted by atomic mass is 16.5. The van der Waals surface area contributed by atoms with E-state index in [2.05, 4.69) is 36.5 Å². The van der Waals surface area contributed by atoms with Crippen LogP contribution < -0.4 is 5.32 Å². The summed E-state index contributed by atoms with van der Waals surface area (Å²) in [7, 11) is 0. The van der Waals surface area contributed by atoms with E-state index in [0.29, 0.717) is 24.1 Å². The summed E-state index contributed by atoms with van der Waals surface area (Å²) < 4.78 is 10.8. The van der Waals surface area contributed by atoms with E-state index in [4.69, 9.17) is 9.15 Å². The molecular formula is C25H29NO4. The maximum Gasteiger partial charge on any atom is 0.312 e. The Bertz CT molecular complexity index is 917. The predicted molar refractivity (Wildman–Crippen MR) is 111 cm³/mol. The molecule has 1 heterocycles. The van der Waals surface area contributed by atoms with Crippen LogP contribution in [0.3, 0.4) is 0 Å². The van der Waals surface area contributed by atoms with E-state index >= 15 is 0 Å². The molecule has 30 heavy (non-hydrogen) atoms. The summed E-state index contributed by atoms with van der Waals surface area (Å²) in [5, 5.41) is 2.74. The molecular weight excluding hydrogens is 378 g/mol. The number of hydrogen-bond acceptors (Lipinski definition) is 4. The van der Waals surface area contributed by atoms with E-state index in [-0.39, 0.29) is 23.9 Å². The predicted octanol–water partition coefficient (Wildman–Crippen LogP) is 4.29. The molecule has 4 atom stereocenters. The van der Waals surface area contributed by atoms with Gasteiger partial charge in [0.2, 0.25) is 0 Å². The molecule has 4 bridgehead atoms. The minimum Gasteiger partial charge on any atom is -0.467 e. The number of rotatable bonds is 6. The Hall–Kier alpha value is -2.56. The van der Waals surface area contributed by atoms with Crippen LogP contribution in [0.5, 0.6) is 0 Å². The second-order valence-corrected chi connectivity index (χ2v) is 9.82. The van der Waals surface area contributed by atoms with Gasteiger partial charge in [0.05, 0.1) is 18.2 Å². The highest BCUT2D eigenvalue weighted by Crippen LogP contribution is 2.66. The molecule has 0 radical (unpaired) electrons. The number of carbonyl (C=O) groups is 2. The Morgan fingerprint density at radius 3 is 2.50 bits per heavy atom. The number of nitrogens with one attached hydrogen (secondary N) is 1. The third-order valence-corrected chi connectivity index (χ3v) is 7.53. The van der Waals surface area contributed by atoms with Gasteiger partial charge in [-0.3, -0.25) is 9.59 Å². The molecule has 5 nitrogen and oxygen atoms in total. The fraction of sp³-hybridized carbons (Fsp3) is 0.520. The van der Waals surface area contributed by atoms with Crippen LogP contribution >= 0.6 is 0 Å². The zero-order valence-electron chi connectivity index (χ0n) is 17.5. The molecule has 2 aromatic rings. The van der Waals surface area contributed by atoms with Gasteiger partial charge in [0.25, 0.3) is 5.91 Å². The normalized spacial score (nSPS) is 31.5. The minimum absolute atomic E-state index is 0.0817. The molecule has 0 aliphatic heterocycles. The second-order valence-electron chi connectivity index (χ2n) is 9.82. The standard InChI is InChI=1S/C25H29NO4/c1-17-4-6-20(7-5-17)24-10-18-9-19(11-24)13-25(12-18,16-24)23(28)30-15-22(27)26-14-21-3-2-8-29-21/h2-8,18-19H,9-16H2,1H3,(H,26,27)/t18-,19+,24?,25?. The maximum atomic E-state index is 13.2. The fourth-order valence-corrected chi connectivity index (χ4v) is 6.68. The molecule has 1 aromatic heterocycles. The summed E-state index contributed by atoms with van der Waals surface area (Å²) in [6, 6.07) is 12.4. The molecule has 4 aliphatic carbocycles. The highest BCUT2D eigenvalue weighted by Gasteiger charge is 2.61. The number of furan rings is 1. The average molecular weight is 408 g/mol. The third-order valence-electron chi connectivity index (χ3n) is 7.53. The molecule has 6 rings (SSSR count). The van der Waals surface area contributed by atoms with Gasteiger partial charge in [-0.1, -0.05) is 29.8 Å². The molecule has 1 N–H and O–H groups in total. The van der Waals surface area contributed by atoms with Crippen molar-refractivity contribution in [2.24, 2.45) is 17.3 Å². The Balaban J connectivity index is 1.27. The Kier molecular flexibility index (Phi) is 4.72. The van der Waals surface area contributed by atoms with E-state index < -0.39 is 5.41 Å². The molecule has 1 amide bonds. The minimum atomic E-state index is -0.434. The molecule has 1 aromatic carbocycles. The highest BCUT2D eigenvalue weighted by molar-refractivity contribution is 5.83. The van der Waals surface area contributed by atoms with Gasteiger partial charge < -0.3 is 14.5 Å². The van der Waals surface area contributed by atoms with Gasteiger partial charge in [-0.05, 0) is 80.4 Å². The Morgan fingerprint density at radius 2 is 1.83 bits per heavy atom. The van der Waals surface area contributed by atoms with Crippen LogP contribution in [-0.4, -0.2) is 18.5 Å². The van der Waals surface area contributed by atoms with Crippen LogP contribution in [0.2, 0.25) is 0 Å². The number of aryl methyl sites for hydroxylation is 1. The van der Waals surface area contributed by atoms with Gasteiger partial charge in [-0.25, -0.2) is 0 Å². The van der Waals surface area contributed by atoms with Crippen LogP contribution in [-0.2, 0) is 26.3 Å². The van der Waals surface area contributed by atoms with Crippen LogP contribution in [0.4, 0.5) is 0 Å². The number of amides is 1. The molecule has 0 spiro atoms. The first kappa shape index (κ1) is 19.4. The third kappa shape index (κ3) is 3.44. The Labute approximate surface area is 177 Å². The van der Waals surface area contributed by atoms with Gasteiger partial charge in [-0.15, -0.1) is 0 Å². The zero-order valence-corrected chi connectivity index (χ0v) is 17.5. The summed E-state index contributed by atoms with van der Waals surface area (Å²) in [6.45, 7) is 2.18. The Morgan fingerprint density at radius 1 is 1.10 bits per heavy atom. The number of benzene rings is 1. The van der Waals surface area contributed by atoms with E-state index in [0.717, 1.165) is 19.3 Å². The van der Waals surface area contributed by atoms with Crippen LogP contribution in [0.25, 0.3) is 0 Å². The largest absolute Gasteiger partial charge is 0.467 e. The monoisotopic (exact) mass is 407 g/mol. The fourth-order valence-electron chi connectivity index (χ4n) is 6.68. The van der Waals surface area contributed by atoms with Gasteiger partial charge >= 0.3 is 5.97 Å². The smallest absolute Gasteiger partial charge is 0.312 e. The molecule has 4 fully saturated rings. The van der Waals surface area contributed by atoms with Crippen LogP contribution in [0, 0.1) is 24.2 Å². The summed E-state index contributed by atoms with van der Waals surface area (Å²) in [6.07, 6.45) is 7.80. The van der Waals surface area contributed by atoms with Crippen molar-refractivity contribution in [1.29, 1.82) is 0 Å². The lowest BCUT2D eigenvalue weighted by molar-refractivity contribution is -0.175. The summed E-state index contributed by atoms with van der Waals surface area (Å²) in [4.78, 5) is 25.4. The summed E-state index contributed by atoms with van der Waals surface area (Å²) >= 11 is 0. The number of hydrogen-bond donors (Lipinski definition) is 1. The van der Waals surface area contributed by atoms with Gasteiger partial charge in [-0.2, -0.15) is 0 Å². The first-order chi connectivity index (χ1) is 14.5. The first-order valence-electron chi connectivity index (χ1n) is 11.0. The lowest BCUT2D eigenvalue weighted by atomic mass is 9.43. The number of carbonyl (C=O) groups excluding carboxylic acids is 2. The second kappa shape index (κ2) is 7.29. The average Bonchev–Trinajstić information content (AvgIpc) is 3.23. The van der Waals surface area contributed by atoms with E-state index in [1.807, 2.05) is 0 Å². The van der Waals surface area contributed by atoms with Crippen molar-refractivity contribution in [2.45, 2.75) is 57.4 Å². The molecule has 4 aliphatic rings. The number of esters is 1. The van der Waals surface area contributed by atoms with E-state index in [1.165, 1.54) is 30.4 Å². The van der Waals surface area contributed by atoms with Gasteiger partial charge in [0.1, 0.15) is 5.76 Å². The molecule has 4 saturated carbocycles. The first-order valence-corrected chi connectivity index (χ1v) is 11.0. The maximum absolute atomic E-state index is 13.2. The lowest BCUT2D eigenvalue weighted by Gasteiger charge is -2.61. The molecule has 5 heteroatoms.